The van der Waals surface area contributed by atoms with Gasteiger partial charge in [0, 0.05) is 18.6 Å². The molecular weight excluding hydrogens is 244 g/mol. The highest BCUT2D eigenvalue weighted by Crippen LogP contribution is 2.40. The maximum Gasteiger partial charge on any atom is 0.0357 e. The van der Waals surface area contributed by atoms with Crippen LogP contribution in [0.4, 0.5) is 0 Å². The monoisotopic (exact) mass is 274 g/mol. The number of benzene rings is 1. The van der Waals surface area contributed by atoms with E-state index in [9.17, 15) is 0 Å². The van der Waals surface area contributed by atoms with E-state index in [-0.39, 0.29) is 5.54 Å². The summed E-state index contributed by atoms with van der Waals surface area (Å²) in [5.41, 5.74) is 9.12. The van der Waals surface area contributed by atoms with Gasteiger partial charge in [0.05, 0.1) is 0 Å². The highest BCUT2D eigenvalue weighted by molar-refractivity contribution is 5.22. The van der Waals surface area contributed by atoms with Crippen molar-refractivity contribution in [1.29, 1.82) is 0 Å². The molecule has 0 heterocycles. The fourth-order valence-corrected chi connectivity index (χ4v) is 3.95. The zero-order valence-corrected chi connectivity index (χ0v) is 13.5. The number of nitrogens with two attached hydrogens (primary N) is 1. The lowest BCUT2D eigenvalue weighted by Gasteiger charge is -2.50. The van der Waals surface area contributed by atoms with E-state index in [0.717, 1.165) is 19.0 Å². The van der Waals surface area contributed by atoms with Crippen LogP contribution in [0, 0.1) is 18.8 Å². The molecule has 1 aromatic rings. The molecule has 3 atom stereocenters. The molecule has 1 aliphatic rings. The van der Waals surface area contributed by atoms with Gasteiger partial charge >= 0.3 is 0 Å². The third kappa shape index (κ3) is 3.07. The van der Waals surface area contributed by atoms with Crippen molar-refractivity contribution >= 4 is 0 Å². The Balaban J connectivity index is 2.14. The van der Waals surface area contributed by atoms with Gasteiger partial charge in [0.15, 0.2) is 0 Å². The van der Waals surface area contributed by atoms with Gasteiger partial charge in [-0.3, -0.25) is 4.90 Å². The second kappa shape index (κ2) is 6.28. The van der Waals surface area contributed by atoms with Crippen LogP contribution in [0.15, 0.2) is 24.3 Å². The van der Waals surface area contributed by atoms with Gasteiger partial charge in [-0.2, -0.15) is 0 Å². The summed E-state index contributed by atoms with van der Waals surface area (Å²) in [5, 5.41) is 0. The molecular formula is C18H30N2. The van der Waals surface area contributed by atoms with Crippen molar-refractivity contribution in [2.24, 2.45) is 17.6 Å². The quantitative estimate of drug-likeness (QED) is 0.909. The van der Waals surface area contributed by atoms with Gasteiger partial charge in [0.1, 0.15) is 0 Å². The van der Waals surface area contributed by atoms with Crippen LogP contribution < -0.4 is 5.73 Å². The van der Waals surface area contributed by atoms with E-state index in [1.807, 2.05) is 0 Å². The molecule has 1 saturated carbocycles. The van der Waals surface area contributed by atoms with E-state index >= 15 is 0 Å². The average molecular weight is 274 g/mol. The van der Waals surface area contributed by atoms with Crippen LogP contribution in [0.5, 0.6) is 0 Å². The molecule has 0 amide bonds. The van der Waals surface area contributed by atoms with Crippen molar-refractivity contribution in [1.82, 2.24) is 4.90 Å². The second-order valence-corrected chi connectivity index (χ2v) is 6.93. The topological polar surface area (TPSA) is 29.3 Å². The molecule has 0 bridgehead atoms. The summed E-state index contributed by atoms with van der Waals surface area (Å²) in [6.07, 6.45) is 3.84. The summed E-state index contributed by atoms with van der Waals surface area (Å²) in [6, 6.07) is 8.83. The molecule has 2 rings (SSSR count). The maximum atomic E-state index is 6.22. The number of aryl methyl sites for hydroxylation is 1. The van der Waals surface area contributed by atoms with Gasteiger partial charge in [-0.25, -0.2) is 0 Å². The van der Waals surface area contributed by atoms with E-state index in [0.29, 0.717) is 5.92 Å². The van der Waals surface area contributed by atoms with E-state index in [1.165, 1.54) is 30.4 Å². The smallest absolute Gasteiger partial charge is 0.0357 e. The lowest BCUT2D eigenvalue weighted by molar-refractivity contribution is 0.0128. The summed E-state index contributed by atoms with van der Waals surface area (Å²) in [4.78, 5) is 2.51. The minimum atomic E-state index is 0.177. The third-order valence-electron chi connectivity index (χ3n) is 5.36. The van der Waals surface area contributed by atoms with Crippen LogP contribution in [0.3, 0.4) is 0 Å². The number of hydrogen-bond acceptors (Lipinski definition) is 2. The van der Waals surface area contributed by atoms with Gasteiger partial charge in [0.25, 0.3) is 0 Å². The van der Waals surface area contributed by atoms with Crippen LogP contribution in [0.2, 0.25) is 0 Å². The third-order valence-corrected chi connectivity index (χ3v) is 5.36. The SMILES string of the molecule is Cc1cccc(CN(C)C2(CN)CCC(C)CC2C)c1. The van der Waals surface area contributed by atoms with E-state index in [4.69, 9.17) is 5.73 Å². The number of hydrogen-bond donors (Lipinski definition) is 1. The molecule has 1 fully saturated rings. The summed E-state index contributed by atoms with van der Waals surface area (Å²) in [6.45, 7) is 8.68. The molecule has 0 saturated heterocycles. The molecule has 20 heavy (non-hydrogen) atoms. The molecule has 3 unspecified atom stereocenters. The fraction of sp³-hybridized carbons (Fsp3) is 0.667. The minimum Gasteiger partial charge on any atom is -0.329 e. The number of nitrogens with zero attached hydrogens (tertiary/aromatic N) is 1. The van der Waals surface area contributed by atoms with Crippen LogP contribution in [-0.4, -0.2) is 24.0 Å². The molecule has 1 aliphatic carbocycles. The van der Waals surface area contributed by atoms with Crippen LogP contribution in [0.25, 0.3) is 0 Å². The first-order valence-electron chi connectivity index (χ1n) is 7.95. The Kier molecular flexibility index (Phi) is 4.87. The first-order valence-corrected chi connectivity index (χ1v) is 7.95. The van der Waals surface area contributed by atoms with E-state index in [1.54, 1.807) is 0 Å². The number of likely N-dealkylation sites (N-methyl/N-ethyl adjacent to an activating group) is 1. The fourth-order valence-electron chi connectivity index (χ4n) is 3.95. The van der Waals surface area contributed by atoms with Gasteiger partial charge in [-0.15, -0.1) is 0 Å². The molecule has 0 radical (unpaired) electrons. The highest BCUT2D eigenvalue weighted by atomic mass is 15.2. The Morgan fingerprint density at radius 1 is 1.35 bits per heavy atom. The van der Waals surface area contributed by atoms with Crippen molar-refractivity contribution in [3.8, 4) is 0 Å². The summed E-state index contributed by atoms with van der Waals surface area (Å²) in [7, 11) is 2.25. The summed E-state index contributed by atoms with van der Waals surface area (Å²) >= 11 is 0. The Morgan fingerprint density at radius 2 is 2.10 bits per heavy atom. The lowest BCUT2D eigenvalue weighted by Crippen LogP contribution is -2.58. The minimum absolute atomic E-state index is 0.177. The molecule has 0 aliphatic heterocycles. The van der Waals surface area contributed by atoms with Gasteiger partial charge in [-0.05, 0) is 50.6 Å². The number of rotatable bonds is 4. The largest absolute Gasteiger partial charge is 0.329 e. The normalized spacial score (nSPS) is 30.7. The van der Waals surface area contributed by atoms with Gasteiger partial charge in [0.2, 0.25) is 0 Å². The molecule has 112 valence electrons. The van der Waals surface area contributed by atoms with Crippen molar-refractivity contribution in [3.63, 3.8) is 0 Å². The van der Waals surface area contributed by atoms with Crippen molar-refractivity contribution in [2.75, 3.05) is 13.6 Å². The van der Waals surface area contributed by atoms with Crippen LogP contribution in [-0.2, 0) is 6.54 Å². The van der Waals surface area contributed by atoms with Crippen molar-refractivity contribution < 1.29 is 0 Å². The van der Waals surface area contributed by atoms with Crippen molar-refractivity contribution in [3.05, 3.63) is 35.4 Å². The van der Waals surface area contributed by atoms with Crippen LogP contribution in [0.1, 0.15) is 44.2 Å². The molecule has 2 heteroatoms. The zero-order chi connectivity index (χ0) is 14.8. The molecule has 2 nitrogen and oxygen atoms in total. The predicted octanol–water partition coefficient (Wildman–Crippen LogP) is 3.58. The van der Waals surface area contributed by atoms with Crippen LogP contribution >= 0.6 is 0 Å². The first kappa shape index (κ1) is 15.5. The van der Waals surface area contributed by atoms with Crippen molar-refractivity contribution in [2.45, 2.75) is 52.1 Å². The molecule has 0 aromatic heterocycles. The Morgan fingerprint density at radius 3 is 2.70 bits per heavy atom. The van der Waals surface area contributed by atoms with Gasteiger partial charge in [-0.1, -0.05) is 43.7 Å². The average Bonchev–Trinajstić information content (AvgIpc) is 2.39. The zero-order valence-electron chi connectivity index (χ0n) is 13.5. The Labute approximate surface area is 124 Å². The van der Waals surface area contributed by atoms with Gasteiger partial charge < -0.3 is 5.73 Å². The standard InChI is InChI=1S/C18H30N2/c1-14-6-5-7-17(11-14)12-20(4)18(13-19)9-8-15(2)10-16(18)3/h5-7,11,15-16H,8-10,12-13,19H2,1-4H3. The molecule has 1 aromatic carbocycles. The van der Waals surface area contributed by atoms with E-state index in [2.05, 4.69) is 57.0 Å². The maximum absolute atomic E-state index is 6.22. The lowest BCUT2D eigenvalue weighted by atomic mass is 9.69. The molecule has 2 N–H and O–H groups in total. The Hall–Kier alpha value is -0.860. The summed E-state index contributed by atoms with van der Waals surface area (Å²) < 4.78 is 0. The second-order valence-electron chi connectivity index (χ2n) is 6.93. The highest BCUT2D eigenvalue weighted by Gasteiger charge is 2.42. The summed E-state index contributed by atoms with van der Waals surface area (Å²) in [5.74, 6) is 1.52. The predicted molar refractivity (Wildman–Crippen MR) is 86.6 cm³/mol. The Bertz CT molecular complexity index is 443. The molecule has 0 spiro atoms. The first-order chi connectivity index (χ1) is 9.48. The van der Waals surface area contributed by atoms with E-state index < -0.39 is 0 Å².